The highest BCUT2D eigenvalue weighted by molar-refractivity contribution is 5.91. The Morgan fingerprint density at radius 2 is 1.97 bits per heavy atom. The van der Waals surface area contributed by atoms with Crippen LogP contribution in [0.25, 0.3) is 11.0 Å². The molecule has 3 aromatic rings. The number of piperazine rings is 1. The third-order valence-corrected chi connectivity index (χ3v) is 6.39. The zero-order valence-electron chi connectivity index (χ0n) is 17.1. The molecule has 2 aliphatic rings. The Bertz CT molecular complexity index is 1140. The van der Waals surface area contributed by atoms with Gasteiger partial charge in [-0.15, -0.1) is 0 Å². The van der Waals surface area contributed by atoms with Gasteiger partial charge in [0.2, 0.25) is 5.91 Å². The van der Waals surface area contributed by atoms with Crippen molar-refractivity contribution in [2.75, 3.05) is 24.5 Å². The summed E-state index contributed by atoms with van der Waals surface area (Å²) in [5, 5.41) is 9.88. The first-order valence-corrected chi connectivity index (χ1v) is 10.4. The van der Waals surface area contributed by atoms with Gasteiger partial charge in [0.25, 0.3) is 0 Å². The van der Waals surface area contributed by atoms with Crippen LogP contribution in [0, 0.1) is 18.3 Å². The second kappa shape index (κ2) is 7.13. The van der Waals surface area contributed by atoms with Crippen LogP contribution in [-0.4, -0.2) is 50.9 Å². The molecule has 30 heavy (non-hydrogen) atoms. The molecule has 0 radical (unpaired) electrons. The Morgan fingerprint density at radius 3 is 2.70 bits per heavy atom. The molecule has 3 heterocycles. The molecule has 1 aliphatic carbocycles. The van der Waals surface area contributed by atoms with Crippen LogP contribution in [0.4, 0.5) is 5.82 Å². The quantitative estimate of drug-likeness (QED) is 0.727. The van der Waals surface area contributed by atoms with E-state index in [-0.39, 0.29) is 11.4 Å². The first kappa shape index (κ1) is 18.6. The number of benzene rings is 1. The van der Waals surface area contributed by atoms with Crippen LogP contribution in [0.2, 0.25) is 0 Å². The molecule has 7 nitrogen and oxygen atoms in total. The van der Waals surface area contributed by atoms with E-state index in [9.17, 15) is 4.79 Å². The fourth-order valence-corrected chi connectivity index (χ4v) is 4.59. The minimum atomic E-state index is -0.0719. The van der Waals surface area contributed by atoms with Crippen molar-refractivity contribution in [1.29, 1.82) is 5.26 Å². The molecular formula is C23H24N6O. The van der Waals surface area contributed by atoms with Crippen LogP contribution < -0.4 is 4.90 Å². The van der Waals surface area contributed by atoms with Crippen molar-refractivity contribution in [3.8, 4) is 6.07 Å². The molecule has 1 saturated heterocycles. The van der Waals surface area contributed by atoms with E-state index in [1.54, 1.807) is 6.33 Å². The van der Waals surface area contributed by atoms with Crippen molar-refractivity contribution in [2.24, 2.45) is 0 Å². The van der Waals surface area contributed by atoms with E-state index in [0.29, 0.717) is 19.4 Å². The molecule has 152 valence electrons. The summed E-state index contributed by atoms with van der Waals surface area (Å²) in [6.45, 7) is 4.36. The molecule has 1 spiro atoms. The number of H-pyrrole nitrogens is 1. The Kier molecular flexibility index (Phi) is 4.43. The smallest absolute Gasteiger partial charge is 0.227 e. The second-order valence-electron chi connectivity index (χ2n) is 8.41. The molecule has 1 saturated carbocycles. The van der Waals surface area contributed by atoms with E-state index >= 15 is 0 Å². The van der Waals surface area contributed by atoms with Gasteiger partial charge in [-0.2, -0.15) is 5.26 Å². The summed E-state index contributed by atoms with van der Waals surface area (Å²) in [5.41, 5.74) is 3.92. The number of nitrogens with zero attached hydrogens (tertiary/aromatic N) is 5. The fraction of sp³-hybridized carbons (Fsp3) is 0.391. The zero-order chi connectivity index (χ0) is 20.7. The van der Waals surface area contributed by atoms with Gasteiger partial charge in [-0.3, -0.25) is 4.79 Å². The highest BCUT2D eigenvalue weighted by Gasteiger charge is 2.53. The fourth-order valence-electron chi connectivity index (χ4n) is 4.59. The number of fused-ring (bicyclic) bond motifs is 1. The average molecular weight is 400 g/mol. The van der Waals surface area contributed by atoms with E-state index < -0.39 is 0 Å². The highest BCUT2D eigenvalue weighted by atomic mass is 16.2. The number of aromatic nitrogens is 3. The van der Waals surface area contributed by atoms with Crippen LogP contribution in [0.1, 0.15) is 29.5 Å². The summed E-state index contributed by atoms with van der Waals surface area (Å²) in [5.74, 6) is 1.15. The van der Waals surface area contributed by atoms with E-state index in [0.717, 1.165) is 59.5 Å². The van der Waals surface area contributed by atoms with E-state index in [4.69, 9.17) is 5.26 Å². The maximum atomic E-state index is 13.1. The SMILES string of the molecule is Cc1c[nH]c2ncnc(N3CCN(C(=O)Cc4ccc(CC#N)cc4)C4(CC4)C3)c12. The summed E-state index contributed by atoms with van der Waals surface area (Å²) in [4.78, 5) is 29.7. The molecule has 5 rings (SSSR count). The minimum Gasteiger partial charge on any atom is -0.352 e. The van der Waals surface area contributed by atoms with Crippen LogP contribution in [0.3, 0.4) is 0 Å². The molecule has 7 heteroatoms. The van der Waals surface area contributed by atoms with Crippen molar-refractivity contribution in [3.05, 3.63) is 53.5 Å². The molecular weight excluding hydrogens is 376 g/mol. The number of carbonyl (C=O) groups excluding carboxylic acids is 1. The van der Waals surface area contributed by atoms with E-state index in [1.165, 1.54) is 0 Å². The monoisotopic (exact) mass is 400 g/mol. The van der Waals surface area contributed by atoms with Gasteiger partial charge in [-0.05, 0) is 36.5 Å². The molecule has 0 atom stereocenters. The molecule has 1 amide bonds. The molecule has 0 unspecified atom stereocenters. The Morgan fingerprint density at radius 1 is 1.20 bits per heavy atom. The number of hydrogen-bond acceptors (Lipinski definition) is 5. The molecule has 1 aliphatic heterocycles. The van der Waals surface area contributed by atoms with Crippen molar-refractivity contribution in [1.82, 2.24) is 19.9 Å². The lowest BCUT2D eigenvalue weighted by Gasteiger charge is -2.43. The van der Waals surface area contributed by atoms with Crippen LogP contribution in [0.15, 0.2) is 36.8 Å². The number of amides is 1. The lowest BCUT2D eigenvalue weighted by Crippen LogP contribution is -2.57. The number of nitrogens with one attached hydrogen (secondary N) is 1. The van der Waals surface area contributed by atoms with Crippen molar-refractivity contribution in [3.63, 3.8) is 0 Å². The number of rotatable bonds is 4. The lowest BCUT2D eigenvalue weighted by atomic mass is 10.0. The van der Waals surface area contributed by atoms with Gasteiger partial charge in [0.15, 0.2) is 0 Å². The maximum absolute atomic E-state index is 13.1. The number of nitriles is 1. The van der Waals surface area contributed by atoms with Crippen molar-refractivity contribution in [2.45, 2.75) is 38.1 Å². The summed E-state index contributed by atoms with van der Waals surface area (Å²) < 4.78 is 0. The van der Waals surface area contributed by atoms with Gasteiger partial charge in [-0.25, -0.2) is 9.97 Å². The summed E-state index contributed by atoms with van der Waals surface area (Å²) in [6, 6.07) is 9.97. The Hall–Kier alpha value is -3.40. The summed E-state index contributed by atoms with van der Waals surface area (Å²) >= 11 is 0. The first-order valence-electron chi connectivity index (χ1n) is 10.4. The summed E-state index contributed by atoms with van der Waals surface area (Å²) in [7, 11) is 0. The minimum absolute atomic E-state index is 0.0719. The van der Waals surface area contributed by atoms with Crippen LogP contribution >= 0.6 is 0 Å². The van der Waals surface area contributed by atoms with Crippen molar-refractivity contribution >= 4 is 22.8 Å². The van der Waals surface area contributed by atoms with Crippen LogP contribution in [0.5, 0.6) is 0 Å². The standard InChI is InChI=1S/C23H24N6O/c1-16-13-25-21-20(16)22(27-15-26-21)28-10-11-29(23(14-28)7-8-23)19(30)12-18-4-2-17(3-5-18)6-9-24/h2-5,13,15H,6-8,10-12,14H2,1H3,(H,25,26,27). The Balaban J connectivity index is 1.32. The van der Waals surface area contributed by atoms with Gasteiger partial charge in [-0.1, -0.05) is 24.3 Å². The summed E-state index contributed by atoms with van der Waals surface area (Å²) in [6.07, 6.45) is 6.46. The third kappa shape index (κ3) is 3.18. The predicted molar refractivity (Wildman–Crippen MR) is 114 cm³/mol. The van der Waals surface area contributed by atoms with E-state index in [1.807, 2.05) is 30.5 Å². The number of hydrogen-bond donors (Lipinski definition) is 1. The van der Waals surface area contributed by atoms with Gasteiger partial charge in [0.1, 0.15) is 17.8 Å². The van der Waals surface area contributed by atoms with Gasteiger partial charge in [0.05, 0.1) is 29.8 Å². The average Bonchev–Trinajstić information content (AvgIpc) is 3.41. The lowest BCUT2D eigenvalue weighted by molar-refractivity contribution is -0.134. The molecule has 1 aromatic carbocycles. The normalized spacial score (nSPS) is 17.3. The van der Waals surface area contributed by atoms with Crippen LogP contribution in [-0.2, 0) is 17.6 Å². The molecule has 0 bridgehead atoms. The number of anilines is 1. The zero-order valence-corrected chi connectivity index (χ0v) is 17.1. The van der Waals surface area contributed by atoms with Gasteiger partial charge >= 0.3 is 0 Å². The second-order valence-corrected chi connectivity index (χ2v) is 8.41. The number of aryl methyl sites for hydroxylation is 1. The molecule has 2 fully saturated rings. The molecule has 2 aromatic heterocycles. The molecule has 1 N–H and O–H groups in total. The first-order chi connectivity index (χ1) is 14.6. The predicted octanol–water partition coefficient (Wildman–Crippen LogP) is 2.76. The largest absolute Gasteiger partial charge is 0.352 e. The van der Waals surface area contributed by atoms with Gasteiger partial charge < -0.3 is 14.8 Å². The Labute approximate surface area is 175 Å². The maximum Gasteiger partial charge on any atom is 0.227 e. The van der Waals surface area contributed by atoms with Gasteiger partial charge in [0, 0.05) is 25.8 Å². The van der Waals surface area contributed by atoms with E-state index in [2.05, 4.69) is 37.7 Å². The highest BCUT2D eigenvalue weighted by Crippen LogP contribution is 2.45. The third-order valence-electron chi connectivity index (χ3n) is 6.39. The number of carbonyl (C=O) groups is 1. The number of aromatic amines is 1. The van der Waals surface area contributed by atoms with Crippen molar-refractivity contribution < 1.29 is 4.79 Å². The topological polar surface area (TPSA) is 88.9 Å².